The van der Waals surface area contributed by atoms with Crippen LogP contribution >= 0.6 is 11.6 Å². The van der Waals surface area contributed by atoms with E-state index in [0.29, 0.717) is 51.6 Å². The van der Waals surface area contributed by atoms with Crippen molar-refractivity contribution < 1.29 is 33.1 Å². The Kier molecular flexibility index (Phi) is 6.11. The third-order valence-corrected chi connectivity index (χ3v) is 6.12. The van der Waals surface area contributed by atoms with Gasteiger partial charge < -0.3 is 33.6 Å². The van der Waals surface area contributed by atoms with Gasteiger partial charge in [0.25, 0.3) is 5.89 Å². The lowest BCUT2D eigenvalue weighted by Gasteiger charge is -2.41. The fourth-order valence-electron chi connectivity index (χ4n) is 3.94. The monoisotopic (exact) mass is 513 g/mol. The third kappa shape index (κ3) is 4.62. The first-order valence-corrected chi connectivity index (χ1v) is 11.7. The summed E-state index contributed by atoms with van der Waals surface area (Å²) >= 11 is 6.29. The molecule has 0 spiro atoms. The van der Waals surface area contributed by atoms with Crippen LogP contribution < -0.4 is 10.1 Å². The number of benzene rings is 2. The van der Waals surface area contributed by atoms with Crippen LogP contribution in [0.2, 0.25) is 5.02 Å². The lowest BCUT2D eigenvalue weighted by Crippen LogP contribution is -2.58. The van der Waals surface area contributed by atoms with Gasteiger partial charge in [0, 0.05) is 16.5 Å². The van der Waals surface area contributed by atoms with Gasteiger partial charge in [0.1, 0.15) is 22.6 Å². The van der Waals surface area contributed by atoms with E-state index < -0.39 is 17.4 Å². The highest BCUT2D eigenvalue weighted by Gasteiger charge is 2.45. The minimum Gasteiger partial charge on any atom is -0.492 e. The van der Waals surface area contributed by atoms with Crippen molar-refractivity contribution >= 4 is 28.7 Å². The molecule has 1 amide bonds. The molecule has 0 radical (unpaired) electrons. The Bertz CT molecular complexity index is 1420. The quantitative estimate of drug-likeness (QED) is 0.345. The SMILES string of the molecule is CCOc1ccc(-c2nc(-c3ccc4oc(C5(NC(=O)O)COC(C)(C)OC5)cc4c3)no2)cc1Cl. The number of nitrogens with zero attached hydrogens (tertiary/aromatic N) is 2. The molecule has 10 nitrogen and oxygen atoms in total. The summed E-state index contributed by atoms with van der Waals surface area (Å²) in [4.78, 5) is 16.0. The summed E-state index contributed by atoms with van der Waals surface area (Å²) < 4.78 is 28.4. The predicted octanol–water partition coefficient (Wildman–Crippen LogP) is 5.45. The second-order valence-electron chi connectivity index (χ2n) is 8.85. The van der Waals surface area contributed by atoms with Crippen molar-refractivity contribution in [2.24, 2.45) is 0 Å². The molecule has 11 heteroatoms. The maximum absolute atomic E-state index is 11.5. The van der Waals surface area contributed by atoms with Crippen LogP contribution in [0.15, 0.2) is 51.4 Å². The van der Waals surface area contributed by atoms with E-state index in [1.807, 2.05) is 13.0 Å². The summed E-state index contributed by atoms with van der Waals surface area (Å²) in [7, 11) is 0. The standard InChI is InChI=1S/C25H24ClN3O7/c1-4-32-19-8-6-15(10-17(19)26)22-27-21(29-36-22)14-5-7-18-16(9-14)11-20(35-18)25(28-23(30)31)12-33-24(2,3)34-13-25/h5-11,28H,4,12-13H2,1-3H3,(H,30,31). The second kappa shape index (κ2) is 9.12. The van der Waals surface area contributed by atoms with Crippen LogP contribution in [-0.4, -0.2) is 46.9 Å². The fourth-order valence-corrected chi connectivity index (χ4v) is 4.18. The van der Waals surface area contributed by atoms with E-state index >= 15 is 0 Å². The van der Waals surface area contributed by atoms with Gasteiger partial charge >= 0.3 is 6.09 Å². The van der Waals surface area contributed by atoms with Crippen molar-refractivity contribution in [3.63, 3.8) is 0 Å². The van der Waals surface area contributed by atoms with Crippen molar-refractivity contribution in [1.29, 1.82) is 0 Å². The Morgan fingerprint density at radius 2 is 1.89 bits per heavy atom. The normalized spacial score (nSPS) is 16.7. The second-order valence-corrected chi connectivity index (χ2v) is 9.26. The first-order chi connectivity index (χ1) is 17.2. The van der Waals surface area contributed by atoms with Gasteiger partial charge in [0.05, 0.1) is 24.8 Å². The fraction of sp³-hybridized carbons (Fsp3) is 0.320. The molecule has 0 saturated carbocycles. The van der Waals surface area contributed by atoms with Gasteiger partial charge in [-0.3, -0.25) is 0 Å². The van der Waals surface area contributed by atoms with Crippen molar-refractivity contribution in [3.8, 4) is 28.6 Å². The Morgan fingerprint density at radius 3 is 2.58 bits per heavy atom. The summed E-state index contributed by atoms with van der Waals surface area (Å²) in [6.45, 7) is 6.03. The molecule has 1 aliphatic rings. The number of hydrogen-bond donors (Lipinski definition) is 2. The third-order valence-electron chi connectivity index (χ3n) is 5.83. The van der Waals surface area contributed by atoms with E-state index in [1.165, 1.54) is 0 Å². The van der Waals surface area contributed by atoms with Crippen molar-refractivity contribution in [2.45, 2.75) is 32.1 Å². The average molecular weight is 514 g/mol. The Labute approximate surface area is 211 Å². The molecular formula is C25H24ClN3O7. The van der Waals surface area contributed by atoms with Crippen LogP contribution in [0.1, 0.15) is 26.5 Å². The molecule has 1 fully saturated rings. The van der Waals surface area contributed by atoms with E-state index in [-0.39, 0.29) is 13.2 Å². The number of furan rings is 1. The lowest BCUT2D eigenvalue weighted by molar-refractivity contribution is -0.274. The number of amides is 1. The number of rotatable bonds is 6. The molecule has 0 unspecified atom stereocenters. The molecule has 1 aliphatic heterocycles. The molecule has 0 atom stereocenters. The van der Waals surface area contributed by atoms with Crippen LogP contribution in [0.3, 0.4) is 0 Å². The van der Waals surface area contributed by atoms with Gasteiger partial charge in [-0.25, -0.2) is 4.79 Å². The van der Waals surface area contributed by atoms with Crippen molar-refractivity contribution in [3.05, 3.63) is 53.2 Å². The van der Waals surface area contributed by atoms with Gasteiger partial charge in [0.2, 0.25) is 5.82 Å². The van der Waals surface area contributed by atoms with Crippen molar-refractivity contribution in [1.82, 2.24) is 15.5 Å². The minimum absolute atomic E-state index is 0.0534. The predicted molar refractivity (Wildman–Crippen MR) is 130 cm³/mol. The van der Waals surface area contributed by atoms with E-state index in [0.717, 1.165) is 5.39 Å². The lowest BCUT2D eigenvalue weighted by atomic mass is 9.96. The number of aromatic nitrogens is 2. The largest absolute Gasteiger partial charge is 0.492 e. The Balaban J connectivity index is 1.44. The molecule has 1 saturated heterocycles. The number of halogens is 1. The molecule has 5 rings (SSSR count). The van der Waals surface area contributed by atoms with E-state index in [2.05, 4.69) is 15.5 Å². The number of ether oxygens (including phenoxy) is 3. The zero-order chi connectivity index (χ0) is 25.5. The maximum Gasteiger partial charge on any atom is 0.405 e. The van der Waals surface area contributed by atoms with Gasteiger partial charge in [-0.15, -0.1) is 0 Å². The highest BCUT2D eigenvalue weighted by Crippen LogP contribution is 2.36. The van der Waals surface area contributed by atoms with Gasteiger partial charge in [0.15, 0.2) is 5.79 Å². The Morgan fingerprint density at radius 1 is 1.14 bits per heavy atom. The van der Waals surface area contributed by atoms with Crippen LogP contribution in [-0.2, 0) is 15.0 Å². The first kappa shape index (κ1) is 24.1. The summed E-state index contributed by atoms with van der Waals surface area (Å²) in [5, 5.41) is 17.2. The van der Waals surface area contributed by atoms with Gasteiger partial charge in [-0.1, -0.05) is 16.8 Å². The smallest absolute Gasteiger partial charge is 0.405 e. The van der Waals surface area contributed by atoms with Gasteiger partial charge in [-0.05, 0) is 63.2 Å². The molecule has 0 bridgehead atoms. The van der Waals surface area contributed by atoms with Crippen LogP contribution in [0.5, 0.6) is 5.75 Å². The zero-order valence-electron chi connectivity index (χ0n) is 19.8. The number of carbonyl (C=O) groups is 1. The molecule has 2 aromatic carbocycles. The molecule has 36 heavy (non-hydrogen) atoms. The summed E-state index contributed by atoms with van der Waals surface area (Å²) in [6.07, 6.45) is -1.21. The van der Waals surface area contributed by atoms with E-state index in [4.69, 9.17) is 34.8 Å². The number of nitrogens with one attached hydrogen (secondary N) is 1. The highest BCUT2D eigenvalue weighted by molar-refractivity contribution is 6.32. The maximum atomic E-state index is 11.5. The average Bonchev–Trinajstić information content (AvgIpc) is 3.49. The highest BCUT2D eigenvalue weighted by atomic mass is 35.5. The molecular weight excluding hydrogens is 490 g/mol. The number of carboxylic acid groups (broad SMARTS) is 1. The topological polar surface area (TPSA) is 129 Å². The van der Waals surface area contributed by atoms with Crippen LogP contribution in [0, 0.1) is 0 Å². The molecule has 3 heterocycles. The summed E-state index contributed by atoms with van der Waals surface area (Å²) in [5.41, 5.74) is 0.731. The summed E-state index contributed by atoms with van der Waals surface area (Å²) in [6, 6.07) is 12.4. The van der Waals surface area contributed by atoms with Gasteiger partial charge in [-0.2, -0.15) is 4.98 Å². The molecule has 188 valence electrons. The summed E-state index contributed by atoms with van der Waals surface area (Å²) in [5.74, 6) is 0.824. The first-order valence-electron chi connectivity index (χ1n) is 11.3. The van der Waals surface area contributed by atoms with Crippen LogP contribution in [0.4, 0.5) is 4.79 Å². The molecule has 2 aromatic heterocycles. The van der Waals surface area contributed by atoms with E-state index in [9.17, 15) is 9.90 Å². The van der Waals surface area contributed by atoms with Crippen molar-refractivity contribution in [2.75, 3.05) is 19.8 Å². The number of hydrogen-bond acceptors (Lipinski definition) is 8. The Hall–Kier alpha value is -3.60. The van der Waals surface area contributed by atoms with Crippen LogP contribution in [0.25, 0.3) is 33.8 Å². The molecule has 2 N–H and O–H groups in total. The van der Waals surface area contributed by atoms with E-state index in [1.54, 1.807) is 50.2 Å². The molecule has 4 aromatic rings. The number of fused-ring (bicyclic) bond motifs is 1. The minimum atomic E-state index is -1.21. The zero-order valence-corrected chi connectivity index (χ0v) is 20.6. The molecule has 0 aliphatic carbocycles.